The summed E-state index contributed by atoms with van der Waals surface area (Å²) >= 11 is 7.49. The normalized spacial score (nSPS) is 19.7. The van der Waals surface area contributed by atoms with E-state index in [1.54, 1.807) is 6.07 Å². The molecule has 2 N–H and O–H groups in total. The van der Waals surface area contributed by atoms with Crippen molar-refractivity contribution in [2.75, 3.05) is 11.4 Å². The molecule has 2 fully saturated rings. The molecule has 3 aliphatic rings. The van der Waals surface area contributed by atoms with Gasteiger partial charge >= 0.3 is 0 Å². The summed E-state index contributed by atoms with van der Waals surface area (Å²) in [5.74, 6) is -0.126. The number of hydrogen-bond donors (Lipinski definition) is 2. The van der Waals surface area contributed by atoms with Crippen molar-refractivity contribution in [2.45, 2.75) is 76.4 Å². The molecule has 2 atom stereocenters. The summed E-state index contributed by atoms with van der Waals surface area (Å²) in [6.45, 7) is 2.87. The summed E-state index contributed by atoms with van der Waals surface area (Å²) < 4.78 is 13.9. The van der Waals surface area contributed by atoms with E-state index in [9.17, 15) is 14.0 Å². The van der Waals surface area contributed by atoms with E-state index in [-0.39, 0.29) is 34.7 Å². The number of benzene rings is 1. The lowest BCUT2D eigenvalue weighted by atomic mass is 9.97. The predicted molar refractivity (Wildman–Crippen MR) is 134 cm³/mol. The van der Waals surface area contributed by atoms with Gasteiger partial charge in [0.15, 0.2) is 0 Å². The van der Waals surface area contributed by atoms with Crippen molar-refractivity contribution in [3.8, 4) is 0 Å². The molecule has 2 unspecified atom stereocenters. The highest BCUT2D eigenvalue weighted by atomic mass is 35.5. The number of hydrogen-bond acceptors (Lipinski definition) is 4. The predicted octanol–water partition coefficient (Wildman–Crippen LogP) is 5.62. The second-order valence-corrected chi connectivity index (χ2v) is 11.4. The molecule has 2 saturated carbocycles. The standard InChI is InChI=1S/C26H31ClFN3O2S/c1-15(31-11-10-17-13-20(28)19(27)14-22(17)31)23-8-9-24(34-23)26(33)30-21(12-16-4-2-3-5-16)25(32)29-18-6-7-18/h8-9,13-16,18,21H,2-7,10-12H2,1H3,(H,29,32)(H,30,33). The minimum absolute atomic E-state index is 0.0294. The Hall–Kier alpha value is -2.12. The lowest BCUT2D eigenvalue weighted by Crippen LogP contribution is -2.48. The van der Waals surface area contributed by atoms with Crippen LogP contribution >= 0.6 is 22.9 Å². The van der Waals surface area contributed by atoms with E-state index < -0.39 is 6.04 Å². The Morgan fingerprint density at radius 3 is 2.71 bits per heavy atom. The lowest BCUT2D eigenvalue weighted by Gasteiger charge is -2.26. The molecule has 5 rings (SSSR count). The Morgan fingerprint density at radius 2 is 1.97 bits per heavy atom. The number of amides is 2. The molecule has 0 radical (unpaired) electrons. The van der Waals surface area contributed by atoms with Gasteiger partial charge in [-0.2, -0.15) is 0 Å². The highest BCUT2D eigenvalue weighted by molar-refractivity contribution is 7.14. The lowest BCUT2D eigenvalue weighted by molar-refractivity contribution is -0.123. The number of fused-ring (bicyclic) bond motifs is 1. The molecule has 1 aromatic heterocycles. The van der Waals surface area contributed by atoms with E-state index in [4.69, 9.17) is 11.6 Å². The molecular weight excluding hydrogens is 473 g/mol. The molecular formula is C26H31ClFN3O2S. The first-order valence-electron chi connectivity index (χ1n) is 12.3. The number of anilines is 1. The Bertz CT molecular complexity index is 1080. The summed E-state index contributed by atoms with van der Waals surface area (Å²) in [6, 6.07) is 6.85. The average Bonchev–Trinajstić information content (AvgIpc) is 3.22. The third kappa shape index (κ3) is 5.10. The third-order valence-corrected chi connectivity index (χ3v) is 8.92. The number of rotatable bonds is 8. The molecule has 0 bridgehead atoms. The van der Waals surface area contributed by atoms with Crippen molar-refractivity contribution < 1.29 is 14.0 Å². The first kappa shape index (κ1) is 23.6. The second-order valence-electron chi connectivity index (χ2n) is 9.91. The molecule has 2 amide bonds. The van der Waals surface area contributed by atoms with Crippen LogP contribution in [0.3, 0.4) is 0 Å². The monoisotopic (exact) mass is 503 g/mol. The first-order chi connectivity index (χ1) is 16.4. The van der Waals surface area contributed by atoms with Crippen LogP contribution in [-0.4, -0.2) is 30.4 Å². The average molecular weight is 504 g/mol. The fourth-order valence-corrected chi connectivity index (χ4v) is 6.36. The summed E-state index contributed by atoms with van der Waals surface area (Å²) in [7, 11) is 0. The number of carbonyl (C=O) groups is 2. The van der Waals surface area contributed by atoms with Gasteiger partial charge in [0.05, 0.1) is 15.9 Å². The van der Waals surface area contributed by atoms with Gasteiger partial charge in [-0.05, 0) is 68.4 Å². The molecule has 5 nitrogen and oxygen atoms in total. The van der Waals surface area contributed by atoms with Crippen LogP contribution in [0.2, 0.25) is 5.02 Å². The van der Waals surface area contributed by atoms with E-state index >= 15 is 0 Å². The summed E-state index contributed by atoms with van der Waals surface area (Å²) in [6.07, 6.45) is 8.22. The van der Waals surface area contributed by atoms with Gasteiger partial charge in [-0.25, -0.2) is 4.39 Å². The molecule has 182 valence electrons. The zero-order valence-corrected chi connectivity index (χ0v) is 21.0. The van der Waals surface area contributed by atoms with Crippen molar-refractivity contribution >= 4 is 40.4 Å². The molecule has 2 aliphatic carbocycles. The minimum Gasteiger partial charge on any atom is -0.363 e. The van der Waals surface area contributed by atoms with Gasteiger partial charge in [0.25, 0.3) is 5.91 Å². The van der Waals surface area contributed by atoms with Gasteiger partial charge in [-0.15, -0.1) is 11.3 Å². The maximum Gasteiger partial charge on any atom is 0.262 e. The number of halogens is 2. The first-order valence-corrected chi connectivity index (χ1v) is 13.5. The molecule has 2 heterocycles. The van der Waals surface area contributed by atoms with Crippen LogP contribution in [0.5, 0.6) is 0 Å². The summed E-state index contributed by atoms with van der Waals surface area (Å²) in [5, 5.41) is 6.23. The van der Waals surface area contributed by atoms with Crippen molar-refractivity contribution in [2.24, 2.45) is 5.92 Å². The van der Waals surface area contributed by atoms with Crippen LogP contribution in [0.1, 0.15) is 78.0 Å². The summed E-state index contributed by atoms with van der Waals surface area (Å²) in [5.41, 5.74) is 1.91. The van der Waals surface area contributed by atoms with Gasteiger partial charge in [-0.3, -0.25) is 9.59 Å². The maximum atomic E-state index is 13.9. The fraction of sp³-hybridized carbons (Fsp3) is 0.538. The maximum absolute atomic E-state index is 13.9. The smallest absolute Gasteiger partial charge is 0.262 e. The second kappa shape index (κ2) is 9.86. The zero-order valence-electron chi connectivity index (χ0n) is 19.4. The van der Waals surface area contributed by atoms with Crippen molar-refractivity contribution in [3.63, 3.8) is 0 Å². The van der Waals surface area contributed by atoms with Gasteiger partial charge in [0, 0.05) is 23.2 Å². The van der Waals surface area contributed by atoms with Crippen molar-refractivity contribution in [3.05, 3.63) is 50.4 Å². The Labute approximate surface area is 209 Å². The molecule has 8 heteroatoms. The van der Waals surface area contributed by atoms with Crippen LogP contribution in [0, 0.1) is 11.7 Å². The Kier molecular flexibility index (Phi) is 6.85. The number of carbonyl (C=O) groups excluding carboxylic acids is 2. The Morgan fingerprint density at radius 1 is 1.21 bits per heavy atom. The zero-order chi connectivity index (χ0) is 23.8. The van der Waals surface area contributed by atoms with E-state index in [0.717, 1.165) is 54.8 Å². The van der Waals surface area contributed by atoms with Gasteiger partial charge < -0.3 is 15.5 Å². The highest BCUT2D eigenvalue weighted by Gasteiger charge is 2.32. The quantitative estimate of drug-likeness (QED) is 0.491. The number of nitrogens with one attached hydrogen (secondary N) is 2. The van der Waals surface area contributed by atoms with Crippen LogP contribution in [0.25, 0.3) is 0 Å². The summed E-state index contributed by atoms with van der Waals surface area (Å²) in [4.78, 5) is 29.8. The third-order valence-electron chi connectivity index (χ3n) is 7.37. The Balaban J connectivity index is 1.27. The van der Waals surface area contributed by atoms with Gasteiger partial charge in [-0.1, -0.05) is 37.3 Å². The van der Waals surface area contributed by atoms with Crippen LogP contribution in [-0.2, 0) is 11.2 Å². The number of nitrogens with zero attached hydrogens (tertiary/aromatic N) is 1. The van der Waals surface area contributed by atoms with Gasteiger partial charge in [0.2, 0.25) is 5.91 Å². The molecule has 1 aromatic carbocycles. The van der Waals surface area contributed by atoms with Crippen LogP contribution in [0.15, 0.2) is 24.3 Å². The van der Waals surface area contributed by atoms with Crippen LogP contribution < -0.4 is 15.5 Å². The van der Waals surface area contributed by atoms with E-state index in [2.05, 4.69) is 22.5 Å². The minimum atomic E-state index is -0.485. The SMILES string of the molecule is CC(c1ccc(C(=O)NC(CC2CCCC2)C(=O)NC2CC2)s1)N1CCc2cc(F)c(Cl)cc21. The van der Waals surface area contributed by atoms with Crippen molar-refractivity contribution in [1.82, 2.24) is 10.6 Å². The van der Waals surface area contributed by atoms with Gasteiger partial charge in [0.1, 0.15) is 11.9 Å². The van der Waals surface area contributed by atoms with Crippen molar-refractivity contribution in [1.29, 1.82) is 0 Å². The van der Waals surface area contributed by atoms with E-state index in [0.29, 0.717) is 17.2 Å². The largest absolute Gasteiger partial charge is 0.363 e. The molecule has 0 saturated heterocycles. The highest BCUT2D eigenvalue weighted by Crippen LogP contribution is 2.39. The topological polar surface area (TPSA) is 61.4 Å². The number of thiophene rings is 1. The van der Waals surface area contributed by atoms with E-state index in [1.807, 2.05) is 12.1 Å². The van der Waals surface area contributed by atoms with E-state index in [1.165, 1.54) is 30.2 Å². The molecule has 0 spiro atoms. The molecule has 2 aromatic rings. The molecule has 1 aliphatic heterocycles. The fourth-order valence-electron chi connectivity index (χ4n) is 5.23. The molecule has 34 heavy (non-hydrogen) atoms. The van der Waals surface area contributed by atoms with Crippen LogP contribution in [0.4, 0.5) is 10.1 Å².